The summed E-state index contributed by atoms with van der Waals surface area (Å²) in [6.45, 7) is 1.73. The average molecular weight is 398 g/mol. The number of hydrazine groups is 1. The molecule has 28 heavy (non-hydrogen) atoms. The van der Waals surface area contributed by atoms with Crippen molar-refractivity contribution in [3.05, 3.63) is 58.1 Å². The molecule has 1 aliphatic rings. The van der Waals surface area contributed by atoms with E-state index in [0.717, 1.165) is 10.6 Å². The van der Waals surface area contributed by atoms with Crippen molar-refractivity contribution in [3.63, 3.8) is 0 Å². The van der Waals surface area contributed by atoms with Crippen LogP contribution in [0, 0.1) is 18.3 Å². The van der Waals surface area contributed by atoms with Crippen molar-refractivity contribution in [2.24, 2.45) is 0 Å². The number of hydrogen-bond donors (Lipinski definition) is 1. The Hall–Kier alpha value is -3.50. The second-order valence-corrected chi connectivity index (χ2v) is 6.34. The van der Waals surface area contributed by atoms with Crippen molar-refractivity contribution in [2.45, 2.75) is 6.92 Å². The zero-order valence-electron chi connectivity index (χ0n) is 15.2. The van der Waals surface area contributed by atoms with E-state index in [4.69, 9.17) is 26.3 Å². The molecule has 1 saturated heterocycles. The molecule has 142 valence electrons. The van der Waals surface area contributed by atoms with Gasteiger partial charge in [0.15, 0.2) is 18.1 Å². The number of aryl methyl sites for hydroxylation is 1. The Bertz CT molecular complexity index is 1030. The zero-order valence-corrected chi connectivity index (χ0v) is 15.9. The molecule has 0 unspecified atom stereocenters. The Labute approximate surface area is 166 Å². The molecule has 2 amide bonds. The maximum Gasteiger partial charge on any atom is 0.282 e. The first-order valence-corrected chi connectivity index (χ1v) is 8.63. The lowest BCUT2D eigenvalue weighted by molar-refractivity contribution is -0.117. The van der Waals surface area contributed by atoms with Gasteiger partial charge in [-0.15, -0.1) is 0 Å². The molecule has 8 heteroatoms. The molecule has 0 radical (unpaired) electrons. The van der Waals surface area contributed by atoms with Crippen molar-refractivity contribution in [1.29, 1.82) is 5.26 Å². The van der Waals surface area contributed by atoms with E-state index in [2.05, 4.69) is 5.43 Å². The van der Waals surface area contributed by atoms with Crippen molar-refractivity contribution in [3.8, 4) is 17.6 Å². The number of ether oxygens (including phenoxy) is 2. The summed E-state index contributed by atoms with van der Waals surface area (Å²) in [7, 11) is 1.46. The largest absolute Gasteiger partial charge is 0.493 e. The van der Waals surface area contributed by atoms with Gasteiger partial charge in [0.2, 0.25) is 0 Å². The summed E-state index contributed by atoms with van der Waals surface area (Å²) >= 11 is 6.12. The summed E-state index contributed by atoms with van der Waals surface area (Å²) in [6.07, 6.45) is 1.46. The highest BCUT2D eigenvalue weighted by Crippen LogP contribution is 2.30. The van der Waals surface area contributed by atoms with Gasteiger partial charge in [0.05, 0.1) is 12.8 Å². The number of nitrogens with one attached hydrogen (secondary N) is 1. The molecule has 0 atom stereocenters. The van der Waals surface area contributed by atoms with Crippen molar-refractivity contribution >= 4 is 35.2 Å². The Kier molecular flexibility index (Phi) is 5.52. The van der Waals surface area contributed by atoms with E-state index in [9.17, 15) is 9.59 Å². The number of methoxy groups -OCH3 is 1. The number of amides is 2. The third kappa shape index (κ3) is 3.77. The number of halogens is 1. The van der Waals surface area contributed by atoms with Crippen LogP contribution in [0.25, 0.3) is 6.08 Å². The fourth-order valence-electron chi connectivity index (χ4n) is 2.63. The van der Waals surface area contributed by atoms with Crippen LogP contribution in [0.15, 0.2) is 42.0 Å². The van der Waals surface area contributed by atoms with Gasteiger partial charge in [-0.3, -0.25) is 15.0 Å². The molecular formula is C20H16ClN3O4. The van der Waals surface area contributed by atoms with Gasteiger partial charge >= 0.3 is 0 Å². The second-order valence-electron chi connectivity index (χ2n) is 5.93. The van der Waals surface area contributed by atoms with E-state index < -0.39 is 11.8 Å². The minimum absolute atomic E-state index is 0.0237. The number of carbonyl (C=O) groups excluding carboxylic acids is 2. The zero-order chi connectivity index (χ0) is 20.3. The fourth-order valence-corrected chi connectivity index (χ4v) is 2.80. The van der Waals surface area contributed by atoms with E-state index in [1.54, 1.807) is 36.4 Å². The first-order valence-electron chi connectivity index (χ1n) is 8.25. The lowest BCUT2D eigenvalue weighted by Crippen LogP contribution is -2.35. The van der Waals surface area contributed by atoms with Gasteiger partial charge in [-0.25, -0.2) is 5.01 Å². The minimum atomic E-state index is -0.523. The molecule has 7 nitrogen and oxygen atoms in total. The maximum atomic E-state index is 12.7. The van der Waals surface area contributed by atoms with Crippen molar-refractivity contribution in [1.82, 2.24) is 5.43 Å². The first-order chi connectivity index (χ1) is 13.4. The van der Waals surface area contributed by atoms with Crippen LogP contribution in [-0.2, 0) is 9.59 Å². The number of nitrogens with zero attached hydrogens (tertiary/aromatic N) is 2. The van der Waals surface area contributed by atoms with Gasteiger partial charge in [-0.1, -0.05) is 23.7 Å². The molecule has 1 heterocycles. The summed E-state index contributed by atoms with van der Waals surface area (Å²) in [6, 6.07) is 11.8. The highest BCUT2D eigenvalue weighted by atomic mass is 35.5. The molecular weight excluding hydrogens is 382 g/mol. The van der Waals surface area contributed by atoms with Crippen LogP contribution in [0.2, 0.25) is 5.02 Å². The van der Waals surface area contributed by atoms with E-state index >= 15 is 0 Å². The molecule has 0 aliphatic carbocycles. The van der Waals surface area contributed by atoms with Crippen LogP contribution in [0.5, 0.6) is 11.5 Å². The smallest absolute Gasteiger partial charge is 0.282 e. The van der Waals surface area contributed by atoms with Gasteiger partial charge in [0.1, 0.15) is 11.6 Å². The molecule has 0 bridgehead atoms. The predicted octanol–water partition coefficient (Wildman–Crippen LogP) is 3.02. The summed E-state index contributed by atoms with van der Waals surface area (Å²) in [5.41, 5.74) is 4.41. The first kappa shape index (κ1) is 19.3. The second kappa shape index (κ2) is 8.03. The normalized spacial score (nSPS) is 14.8. The summed E-state index contributed by atoms with van der Waals surface area (Å²) < 4.78 is 10.5. The quantitative estimate of drug-likeness (QED) is 0.618. The number of benzene rings is 2. The van der Waals surface area contributed by atoms with Crippen LogP contribution >= 0.6 is 11.6 Å². The summed E-state index contributed by atoms with van der Waals surface area (Å²) in [5.74, 6) is -0.235. The van der Waals surface area contributed by atoms with Crippen LogP contribution in [0.3, 0.4) is 0 Å². The third-order valence-electron chi connectivity index (χ3n) is 4.10. The molecule has 0 spiro atoms. The van der Waals surface area contributed by atoms with Crippen molar-refractivity contribution in [2.75, 3.05) is 18.7 Å². The van der Waals surface area contributed by atoms with Crippen LogP contribution in [-0.4, -0.2) is 25.5 Å². The van der Waals surface area contributed by atoms with E-state index in [-0.39, 0.29) is 12.2 Å². The maximum absolute atomic E-state index is 12.7. The Morgan fingerprint density at radius 2 is 2.00 bits per heavy atom. The highest BCUT2D eigenvalue weighted by molar-refractivity contribution is 6.33. The van der Waals surface area contributed by atoms with Gasteiger partial charge in [0.25, 0.3) is 11.8 Å². The summed E-state index contributed by atoms with van der Waals surface area (Å²) in [4.78, 5) is 25.0. The van der Waals surface area contributed by atoms with Crippen LogP contribution in [0.1, 0.15) is 11.1 Å². The lowest BCUT2D eigenvalue weighted by Gasteiger charge is -2.15. The number of nitriles is 1. The predicted molar refractivity (Wildman–Crippen MR) is 104 cm³/mol. The Balaban J connectivity index is 1.90. The molecule has 0 aromatic heterocycles. The number of hydrogen-bond acceptors (Lipinski definition) is 5. The molecule has 1 aliphatic heterocycles. The summed E-state index contributed by atoms with van der Waals surface area (Å²) in [5, 5.41) is 10.3. The minimum Gasteiger partial charge on any atom is -0.493 e. The molecule has 0 saturated carbocycles. The van der Waals surface area contributed by atoms with E-state index in [0.29, 0.717) is 27.8 Å². The van der Waals surface area contributed by atoms with Gasteiger partial charge < -0.3 is 9.47 Å². The molecule has 2 aromatic rings. The van der Waals surface area contributed by atoms with E-state index in [1.807, 2.05) is 13.0 Å². The van der Waals surface area contributed by atoms with Crippen molar-refractivity contribution < 1.29 is 19.1 Å². The number of anilines is 1. The molecule has 1 fully saturated rings. The lowest BCUT2D eigenvalue weighted by atomic mass is 10.1. The standard InChI is InChI=1S/C20H16ClN3O4/c1-12-3-5-14(11-16(12)21)24-20(26)15(19(25)23-24)9-13-4-6-17(28-8-7-22)18(10-13)27-2/h3-6,9-11H,8H2,1-2H3,(H,23,25)/b15-9+. The Morgan fingerprint density at radius 3 is 2.68 bits per heavy atom. The van der Waals surface area contributed by atoms with Gasteiger partial charge in [-0.05, 0) is 48.4 Å². The average Bonchev–Trinajstić information content (AvgIpc) is 2.97. The SMILES string of the molecule is COc1cc(/C=C2\C(=O)NN(c3ccc(C)c(Cl)c3)C2=O)ccc1OCC#N. The molecule has 3 rings (SSSR count). The van der Waals surface area contributed by atoms with Crippen LogP contribution < -0.4 is 19.9 Å². The third-order valence-corrected chi connectivity index (χ3v) is 4.50. The Morgan fingerprint density at radius 1 is 1.21 bits per heavy atom. The number of rotatable bonds is 5. The topological polar surface area (TPSA) is 91.7 Å². The van der Waals surface area contributed by atoms with Gasteiger partial charge in [-0.2, -0.15) is 5.26 Å². The van der Waals surface area contributed by atoms with Crippen LogP contribution in [0.4, 0.5) is 5.69 Å². The number of carbonyl (C=O) groups is 2. The van der Waals surface area contributed by atoms with Gasteiger partial charge in [0, 0.05) is 5.02 Å². The molecule has 2 aromatic carbocycles. The van der Waals surface area contributed by atoms with E-state index in [1.165, 1.54) is 13.2 Å². The fraction of sp³-hybridized carbons (Fsp3) is 0.150. The highest BCUT2D eigenvalue weighted by Gasteiger charge is 2.34. The molecule has 1 N–H and O–H groups in total. The monoisotopic (exact) mass is 397 g/mol.